The molecule has 7 heteroatoms. The Labute approximate surface area is 155 Å². The Balaban J connectivity index is 1.90. The van der Waals surface area contributed by atoms with Gasteiger partial charge < -0.3 is 9.64 Å². The third-order valence-electron chi connectivity index (χ3n) is 4.35. The summed E-state index contributed by atoms with van der Waals surface area (Å²) in [4.78, 5) is 14.4. The first-order valence-electron chi connectivity index (χ1n) is 8.65. The van der Waals surface area contributed by atoms with Crippen LogP contribution in [0.5, 0.6) is 5.75 Å². The maximum absolute atomic E-state index is 12.6. The van der Waals surface area contributed by atoms with Gasteiger partial charge in [0.05, 0.1) is 24.4 Å². The van der Waals surface area contributed by atoms with E-state index < -0.39 is 9.84 Å². The third-order valence-corrected chi connectivity index (χ3v) is 7.09. The first-order valence-corrected chi connectivity index (χ1v) is 11.6. The highest BCUT2D eigenvalue weighted by Gasteiger charge is 2.34. The molecule has 1 atom stereocenters. The van der Waals surface area contributed by atoms with Crippen LogP contribution in [0.1, 0.15) is 31.7 Å². The van der Waals surface area contributed by atoms with Crippen molar-refractivity contribution in [3.8, 4) is 5.75 Å². The molecular weight excluding hydrogens is 358 g/mol. The summed E-state index contributed by atoms with van der Waals surface area (Å²) in [5.74, 6) is 2.27. The second-order valence-corrected chi connectivity index (χ2v) is 9.56. The quantitative estimate of drug-likeness (QED) is 0.654. The number of rotatable bonds is 9. The van der Waals surface area contributed by atoms with Crippen molar-refractivity contribution >= 4 is 27.5 Å². The number of methoxy groups -OCH3 is 1. The fourth-order valence-electron chi connectivity index (χ4n) is 2.96. The molecule has 2 rings (SSSR count). The maximum atomic E-state index is 12.6. The molecule has 1 aliphatic rings. The number of ether oxygens (including phenoxy) is 1. The number of thioether (sulfide) groups is 1. The van der Waals surface area contributed by atoms with Gasteiger partial charge in [0, 0.05) is 18.3 Å². The first kappa shape index (κ1) is 20.1. The number of carbonyl (C=O) groups is 1. The Bertz CT molecular complexity index is 675. The number of sulfone groups is 1. The highest BCUT2D eigenvalue weighted by molar-refractivity contribution is 7.99. The van der Waals surface area contributed by atoms with E-state index in [0.717, 1.165) is 29.9 Å². The summed E-state index contributed by atoms with van der Waals surface area (Å²) < 4.78 is 28.7. The Kier molecular flexibility index (Phi) is 7.62. The molecule has 1 aromatic carbocycles. The molecule has 1 aliphatic heterocycles. The van der Waals surface area contributed by atoms with Gasteiger partial charge in [0.1, 0.15) is 5.75 Å². The van der Waals surface area contributed by atoms with Gasteiger partial charge in [0.25, 0.3) is 0 Å². The fraction of sp³-hybridized carbons (Fsp3) is 0.611. The smallest absolute Gasteiger partial charge is 0.232 e. The average Bonchev–Trinajstić information content (AvgIpc) is 2.95. The molecule has 0 N–H and O–H groups in total. The van der Waals surface area contributed by atoms with Gasteiger partial charge in [-0.25, -0.2) is 8.42 Å². The molecule has 1 saturated heterocycles. The lowest BCUT2D eigenvalue weighted by Gasteiger charge is -2.28. The van der Waals surface area contributed by atoms with Crippen molar-refractivity contribution in [1.82, 2.24) is 4.90 Å². The second-order valence-electron chi connectivity index (χ2n) is 6.34. The van der Waals surface area contributed by atoms with Gasteiger partial charge in [0.15, 0.2) is 9.84 Å². The molecule has 140 valence electrons. The van der Waals surface area contributed by atoms with Gasteiger partial charge in [-0.05, 0) is 30.5 Å². The number of hydrogen-bond donors (Lipinski definition) is 0. The van der Waals surface area contributed by atoms with E-state index in [4.69, 9.17) is 4.74 Å². The standard InChI is InChI=1S/C18H27NO4S2/c1-3-4-9-19(16-8-10-25(21,22)14-16)18(20)13-24-12-15-6-5-7-17(11-15)23-2/h5-7,11,16H,3-4,8-10,12-14H2,1-2H3. The number of hydrogen-bond acceptors (Lipinski definition) is 5. The van der Waals surface area contributed by atoms with Crippen molar-refractivity contribution in [2.24, 2.45) is 0 Å². The molecule has 1 unspecified atom stereocenters. The maximum Gasteiger partial charge on any atom is 0.232 e. The lowest BCUT2D eigenvalue weighted by molar-refractivity contribution is -0.130. The van der Waals surface area contributed by atoms with E-state index in [-0.39, 0.29) is 23.5 Å². The van der Waals surface area contributed by atoms with E-state index in [1.807, 2.05) is 24.3 Å². The van der Waals surface area contributed by atoms with Gasteiger partial charge in [0.2, 0.25) is 5.91 Å². The Morgan fingerprint density at radius 3 is 2.84 bits per heavy atom. The summed E-state index contributed by atoms with van der Waals surface area (Å²) in [7, 11) is -1.35. The number of nitrogens with zero attached hydrogens (tertiary/aromatic N) is 1. The number of unbranched alkanes of at least 4 members (excludes halogenated alkanes) is 1. The molecule has 0 spiro atoms. The van der Waals surface area contributed by atoms with E-state index in [2.05, 4.69) is 6.92 Å². The van der Waals surface area contributed by atoms with Gasteiger partial charge in [-0.1, -0.05) is 25.5 Å². The summed E-state index contributed by atoms with van der Waals surface area (Å²) in [5, 5.41) is 0. The summed E-state index contributed by atoms with van der Waals surface area (Å²) in [6.07, 6.45) is 2.46. The molecule has 0 saturated carbocycles. The Hall–Kier alpha value is -1.21. The lowest BCUT2D eigenvalue weighted by Crippen LogP contribution is -2.42. The van der Waals surface area contributed by atoms with Crippen LogP contribution in [0.2, 0.25) is 0 Å². The molecule has 1 amide bonds. The highest BCUT2D eigenvalue weighted by atomic mass is 32.2. The second kappa shape index (κ2) is 9.48. The molecule has 1 fully saturated rings. The van der Waals surface area contributed by atoms with Gasteiger partial charge >= 0.3 is 0 Å². The zero-order valence-electron chi connectivity index (χ0n) is 14.9. The molecular formula is C18H27NO4S2. The molecule has 0 radical (unpaired) electrons. The topological polar surface area (TPSA) is 63.7 Å². The van der Waals surface area contributed by atoms with Crippen molar-refractivity contribution in [3.63, 3.8) is 0 Å². The van der Waals surface area contributed by atoms with Crippen LogP contribution in [0.4, 0.5) is 0 Å². The predicted molar refractivity (Wildman–Crippen MR) is 103 cm³/mol. The summed E-state index contributed by atoms with van der Waals surface area (Å²) >= 11 is 1.56. The van der Waals surface area contributed by atoms with Crippen LogP contribution in [0.3, 0.4) is 0 Å². The largest absolute Gasteiger partial charge is 0.497 e. The van der Waals surface area contributed by atoms with Crippen molar-refractivity contribution in [3.05, 3.63) is 29.8 Å². The van der Waals surface area contributed by atoms with Crippen molar-refractivity contribution < 1.29 is 17.9 Å². The van der Waals surface area contributed by atoms with Crippen molar-refractivity contribution in [2.75, 3.05) is 30.9 Å². The number of carbonyl (C=O) groups excluding carboxylic acids is 1. The van der Waals surface area contributed by atoms with Crippen LogP contribution in [0.25, 0.3) is 0 Å². The Morgan fingerprint density at radius 2 is 2.20 bits per heavy atom. The van der Waals surface area contributed by atoms with Gasteiger partial charge in [-0.3, -0.25) is 4.79 Å². The molecule has 0 aliphatic carbocycles. The first-order chi connectivity index (χ1) is 11.9. The van der Waals surface area contributed by atoms with Crippen molar-refractivity contribution in [2.45, 2.75) is 38.0 Å². The zero-order valence-corrected chi connectivity index (χ0v) is 16.6. The normalized spacial score (nSPS) is 18.9. The molecule has 0 aromatic heterocycles. The van der Waals surface area contributed by atoms with Gasteiger partial charge in [-0.2, -0.15) is 0 Å². The van der Waals surface area contributed by atoms with Crippen LogP contribution in [-0.2, 0) is 20.4 Å². The van der Waals surface area contributed by atoms with E-state index in [1.54, 1.807) is 23.8 Å². The summed E-state index contributed by atoms with van der Waals surface area (Å²) in [6.45, 7) is 2.72. The molecule has 1 heterocycles. The lowest BCUT2D eigenvalue weighted by atomic mass is 10.2. The SMILES string of the molecule is CCCCN(C(=O)CSCc1cccc(OC)c1)C1CCS(=O)(=O)C1. The molecule has 0 bridgehead atoms. The van der Waals surface area contributed by atoms with Crippen LogP contribution in [-0.4, -0.2) is 56.2 Å². The van der Waals surface area contributed by atoms with Gasteiger partial charge in [-0.15, -0.1) is 11.8 Å². The van der Waals surface area contributed by atoms with E-state index in [1.165, 1.54) is 0 Å². The minimum Gasteiger partial charge on any atom is -0.497 e. The van der Waals surface area contributed by atoms with E-state index in [0.29, 0.717) is 18.7 Å². The van der Waals surface area contributed by atoms with E-state index >= 15 is 0 Å². The minimum absolute atomic E-state index is 0.0449. The monoisotopic (exact) mass is 385 g/mol. The van der Waals surface area contributed by atoms with E-state index in [9.17, 15) is 13.2 Å². The van der Waals surface area contributed by atoms with Crippen LogP contribution < -0.4 is 4.74 Å². The predicted octanol–water partition coefficient (Wildman–Crippen LogP) is 2.74. The molecule has 5 nitrogen and oxygen atoms in total. The molecule has 25 heavy (non-hydrogen) atoms. The number of benzene rings is 1. The van der Waals surface area contributed by atoms with Crippen LogP contribution >= 0.6 is 11.8 Å². The van der Waals surface area contributed by atoms with Crippen molar-refractivity contribution in [1.29, 1.82) is 0 Å². The zero-order chi connectivity index (χ0) is 18.3. The minimum atomic E-state index is -2.98. The summed E-state index contributed by atoms with van der Waals surface area (Å²) in [5.41, 5.74) is 1.11. The summed E-state index contributed by atoms with van der Waals surface area (Å²) in [6, 6.07) is 7.66. The van der Waals surface area contributed by atoms with Crippen LogP contribution in [0, 0.1) is 0 Å². The Morgan fingerprint density at radius 1 is 1.40 bits per heavy atom. The average molecular weight is 386 g/mol. The van der Waals surface area contributed by atoms with Crippen LogP contribution in [0.15, 0.2) is 24.3 Å². The highest BCUT2D eigenvalue weighted by Crippen LogP contribution is 2.22. The molecule has 1 aromatic rings. The third kappa shape index (κ3) is 6.22. The number of amides is 1. The fourth-order valence-corrected chi connectivity index (χ4v) is 5.55.